The van der Waals surface area contributed by atoms with Gasteiger partial charge in [-0.1, -0.05) is 73.4 Å². The molecular weight excluding hydrogens is 411 g/mol. The number of halogens is 2. The molecule has 0 aliphatic heterocycles. The van der Waals surface area contributed by atoms with Gasteiger partial charge in [0.25, 0.3) is 0 Å². The Kier molecular flexibility index (Phi) is 8.23. The Morgan fingerprint density at radius 2 is 1.83 bits per heavy atom. The molecule has 4 heteroatoms. The van der Waals surface area contributed by atoms with Crippen molar-refractivity contribution in [1.29, 1.82) is 5.26 Å². The molecule has 0 amide bonds. The molecule has 0 bridgehead atoms. The molecular formula is C26H32Cl2N2. The van der Waals surface area contributed by atoms with Gasteiger partial charge in [0.1, 0.15) is 0 Å². The highest BCUT2D eigenvalue weighted by atomic mass is 35.5. The smallest absolute Gasteiger partial charge is 0.0851 e. The monoisotopic (exact) mass is 442 g/mol. The fraction of sp³-hybridized carbons (Fsp3) is 0.500. The van der Waals surface area contributed by atoms with Crippen molar-refractivity contribution in [2.45, 2.75) is 63.8 Å². The van der Waals surface area contributed by atoms with Crippen molar-refractivity contribution in [1.82, 2.24) is 4.90 Å². The molecule has 2 aromatic carbocycles. The second-order valence-corrected chi connectivity index (χ2v) is 9.27. The van der Waals surface area contributed by atoms with Crippen LogP contribution in [0.3, 0.4) is 0 Å². The largest absolute Gasteiger partial charge is 0.300 e. The number of hydrogen-bond donors (Lipinski definition) is 0. The highest BCUT2D eigenvalue weighted by molar-refractivity contribution is 6.42. The molecule has 2 unspecified atom stereocenters. The minimum atomic E-state index is -0.458. The van der Waals surface area contributed by atoms with Crippen LogP contribution in [0, 0.1) is 17.2 Å². The highest BCUT2D eigenvalue weighted by Gasteiger charge is 2.47. The van der Waals surface area contributed by atoms with Gasteiger partial charge in [-0.3, -0.25) is 0 Å². The van der Waals surface area contributed by atoms with E-state index in [9.17, 15) is 5.26 Å². The molecule has 0 aromatic heterocycles. The lowest BCUT2D eigenvalue weighted by Gasteiger charge is -2.34. The summed E-state index contributed by atoms with van der Waals surface area (Å²) in [5, 5.41) is 11.4. The molecule has 0 saturated heterocycles. The third-order valence-corrected chi connectivity index (χ3v) is 7.44. The van der Waals surface area contributed by atoms with E-state index in [4.69, 9.17) is 23.2 Å². The van der Waals surface area contributed by atoms with Crippen LogP contribution in [0.25, 0.3) is 0 Å². The van der Waals surface area contributed by atoms with E-state index in [1.165, 1.54) is 5.56 Å². The van der Waals surface area contributed by atoms with Gasteiger partial charge in [0.15, 0.2) is 0 Å². The molecule has 30 heavy (non-hydrogen) atoms. The third kappa shape index (κ3) is 5.38. The molecule has 0 radical (unpaired) electrons. The summed E-state index contributed by atoms with van der Waals surface area (Å²) in [5.74, 6) is 0.427. The lowest BCUT2D eigenvalue weighted by atomic mass is 9.73. The van der Waals surface area contributed by atoms with Crippen molar-refractivity contribution >= 4 is 23.2 Å². The van der Waals surface area contributed by atoms with Gasteiger partial charge in [0.2, 0.25) is 0 Å². The maximum atomic E-state index is 10.3. The minimum Gasteiger partial charge on any atom is -0.300 e. The summed E-state index contributed by atoms with van der Waals surface area (Å²) in [4.78, 5) is 2.58. The summed E-state index contributed by atoms with van der Waals surface area (Å²) < 4.78 is 0. The van der Waals surface area contributed by atoms with Crippen molar-refractivity contribution in [3.8, 4) is 6.07 Å². The molecule has 1 saturated carbocycles. The van der Waals surface area contributed by atoms with Crippen LogP contribution in [0.15, 0.2) is 48.5 Å². The molecule has 1 fully saturated rings. The zero-order valence-electron chi connectivity index (χ0n) is 18.1. The van der Waals surface area contributed by atoms with E-state index >= 15 is 0 Å². The Balaban J connectivity index is 1.72. The fourth-order valence-electron chi connectivity index (χ4n) is 4.70. The van der Waals surface area contributed by atoms with E-state index in [1.54, 1.807) is 0 Å². The van der Waals surface area contributed by atoms with Gasteiger partial charge >= 0.3 is 0 Å². The van der Waals surface area contributed by atoms with E-state index in [2.05, 4.69) is 55.1 Å². The first kappa shape index (κ1) is 23.1. The molecule has 2 nitrogen and oxygen atoms in total. The summed E-state index contributed by atoms with van der Waals surface area (Å²) in [6.45, 7) is 6.58. The van der Waals surface area contributed by atoms with Gasteiger partial charge in [0, 0.05) is 12.6 Å². The van der Waals surface area contributed by atoms with Crippen molar-refractivity contribution in [3.05, 3.63) is 69.7 Å². The standard InChI is InChI=1S/C26H32Cl2N2/c1-3-23(30(4-2)17-15-20-8-6-5-7-9-20)14-16-26(19-29,21-10-11-21)22-12-13-24(27)25(28)18-22/h5-9,12-13,18,21,23H,3-4,10-11,14-17H2,1-2H3. The third-order valence-electron chi connectivity index (χ3n) is 6.70. The van der Waals surface area contributed by atoms with Crippen molar-refractivity contribution < 1.29 is 0 Å². The molecule has 0 spiro atoms. The molecule has 1 aliphatic rings. The quantitative estimate of drug-likeness (QED) is 0.365. The number of rotatable bonds is 11. The second kappa shape index (κ2) is 10.7. The second-order valence-electron chi connectivity index (χ2n) is 8.45. The van der Waals surface area contributed by atoms with Crippen LogP contribution in [0.2, 0.25) is 10.0 Å². The number of nitriles is 1. The van der Waals surface area contributed by atoms with E-state index in [0.29, 0.717) is 22.0 Å². The zero-order valence-corrected chi connectivity index (χ0v) is 19.6. The van der Waals surface area contributed by atoms with Gasteiger partial charge in [-0.05, 0) is 74.2 Å². The Bertz CT molecular complexity index is 857. The molecule has 2 atom stereocenters. The van der Waals surface area contributed by atoms with Crippen LogP contribution in [0.1, 0.15) is 57.1 Å². The minimum absolute atomic E-state index is 0.427. The Morgan fingerprint density at radius 1 is 1.10 bits per heavy atom. The Labute approximate surface area is 191 Å². The molecule has 3 rings (SSSR count). The summed E-state index contributed by atoms with van der Waals surface area (Å²) in [6.07, 6.45) is 6.28. The van der Waals surface area contributed by atoms with E-state index in [0.717, 1.165) is 57.2 Å². The van der Waals surface area contributed by atoms with Crippen LogP contribution in [0.4, 0.5) is 0 Å². The first-order valence-electron chi connectivity index (χ1n) is 11.2. The fourth-order valence-corrected chi connectivity index (χ4v) is 5.00. The van der Waals surface area contributed by atoms with Gasteiger partial charge in [-0.2, -0.15) is 5.26 Å². The lowest BCUT2D eigenvalue weighted by Crippen LogP contribution is -2.38. The molecule has 1 aliphatic carbocycles. The molecule has 160 valence electrons. The van der Waals surface area contributed by atoms with Crippen LogP contribution in [-0.4, -0.2) is 24.0 Å². The van der Waals surface area contributed by atoms with Crippen molar-refractivity contribution in [2.75, 3.05) is 13.1 Å². The predicted molar refractivity (Wildman–Crippen MR) is 127 cm³/mol. The van der Waals surface area contributed by atoms with Crippen molar-refractivity contribution in [3.63, 3.8) is 0 Å². The normalized spacial score (nSPS) is 16.8. The summed E-state index contributed by atoms with van der Waals surface area (Å²) in [5.41, 5.74) is 1.95. The Morgan fingerprint density at radius 3 is 2.40 bits per heavy atom. The summed E-state index contributed by atoms with van der Waals surface area (Å²) in [7, 11) is 0. The topological polar surface area (TPSA) is 27.0 Å². The highest BCUT2D eigenvalue weighted by Crippen LogP contribution is 2.51. The maximum Gasteiger partial charge on any atom is 0.0851 e. The summed E-state index contributed by atoms with van der Waals surface area (Å²) >= 11 is 12.5. The average Bonchev–Trinajstić information content (AvgIpc) is 3.62. The lowest BCUT2D eigenvalue weighted by molar-refractivity contribution is 0.181. The number of nitrogens with zero attached hydrogens (tertiary/aromatic N) is 2. The number of likely N-dealkylation sites (N-methyl/N-ethyl adjacent to an activating group) is 1. The zero-order chi connectivity index (χ0) is 21.6. The van der Waals surface area contributed by atoms with Gasteiger partial charge in [0.05, 0.1) is 21.5 Å². The van der Waals surface area contributed by atoms with Gasteiger partial charge in [-0.15, -0.1) is 0 Å². The molecule has 0 N–H and O–H groups in total. The Hall–Kier alpha value is -1.53. The summed E-state index contributed by atoms with van der Waals surface area (Å²) in [6, 6.07) is 19.6. The van der Waals surface area contributed by atoms with Crippen molar-refractivity contribution in [2.24, 2.45) is 5.92 Å². The van der Waals surface area contributed by atoms with Crippen LogP contribution in [-0.2, 0) is 11.8 Å². The SMILES string of the molecule is CCC(CCC(C#N)(c1ccc(Cl)c(Cl)c1)C1CC1)N(CC)CCc1ccccc1. The number of hydrogen-bond acceptors (Lipinski definition) is 2. The van der Waals surface area contributed by atoms with Gasteiger partial charge in [-0.25, -0.2) is 0 Å². The first-order valence-corrected chi connectivity index (χ1v) is 11.9. The first-order chi connectivity index (χ1) is 14.5. The maximum absolute atomic E-state index is 10.3. The molecule has 2 aromatic rings. The predicted octanol–water partition coefficient (Wildman–Crippen LogP) is 7.29. The van der Waals surface area contributed by atoms with E-state index < -0.39 is 5.41 Å². The van der Waals surface area contributed by atoms with Crippen LogP contribution >= 0.6 is 23.2 Å². The van der Waals surface area contributed by atoms with Crippen LogP contribution in [0.5, 0.6) is 0 Å². The van der Waals surface area contributed by atoms with Gasteiger partial charge < -0.3 is 4.90 Å². The number of benzene rings is 2. The van der Waals surface area contributed by atoms with E-state index in [-0.39, 0.29) is 0 Å². The molecule has 0 heterocycles. The van der Waals surface area contributed by atoms with E-state index in [1.807, 2.05) is 18.2 Å². The van der Waals surface area contributed by atoms with Crippen LogP contribution < -0.4 is 0 Å². The average molecular weight is 443 g/mol.